The number of carboxylic acids is 2. The predicted octanol–water partition coefficient (Wildman–Crippen LogP) is 13.0. The predicted molar refractivity (Wildman–Crippen MR) is 326 cm³/mol. The number of hydrogen-bond donors (Lipinski definition) is 4. The molecule has 17 heteroatoms. The Bertz CT molecular complexity index is 3530. The van der Waals surface area contributed by atoms with Crippen LogP contribution in [-0.2, 0) is 71.8 Å². The number of hydrogen-bond acceptors (Lipinski definition) is 13. The lowest BCUT2D eigenvalue weighted by atomic mass is 9.92. The monoisotopic (exact) mass is 1170 g/mol. The van der Waals surface area contributed by atoms with Crippen LogP contribution in [0.3, 0.4) is 0 Å². The van der Waals surface area contributed by atoms with Crippen molar-refractivity contribution in [1.29, 1.82) is 0 Å². The molecule has 0 aliphatic rings. The summed E-state index contributed by atoms with van der Waals surface area (Å²) in [5, 5.41) is 27.5. The van der Waals surface area contributed by atoms with E-state index in [4.69, 9.17) is 51.6 Å². The molecule has 15 nitrogen and oxygen atoms in total. The van der Waals surface area contributed by atoms with Gasteiger partial charge >= 0.3 is 11.9 Å². The van der Waals surface area contributed by atoms with E-state index in [1.54, 1.807) is 76.2 Å². The first-order valence-electron chi connectivity index (χ1n) is 27.5. The molecule has 0 bridgehead atoms. The first kappa shape index (κ1) is 61.9. The molecular weight excluding hydrogens is 1110 g/mol. The van der Waals surface area contributed by atoms with Gasteiger partial charge in [0.2, 0.25) is 0 Å². The third kappa shape index (κ3) is 17.2. The number of halogens is 2. The molecule has 6 aromatic carbocycles. The number of aliphatic imine (C=N–C) groups is 1. The molecule has 8 aromatic rings. The number of nitrogens with one attached hydrogen (secondary N) is 2. The van der Waals surface area contributed by atoms with E-state index in [-0.39, 0.29) is 52.7 Å². The van der Waals surface area contributed by atoms with E-state index >= 15 is 0 Å². The largest absolute Gasteiger partial charge is 0.488 e. The van der Waals surface area contributed by atoms with Crippen LogP contribution >= 0.6 is 23.2 Å². The van der Waals surface area contributed by atoms with Crippen LogP contribution in [0.4, 0.5) is 0 Å². The molecule has 84 heavy (non-hydrogen) atoms. The Morgan fingerprint density at radius 2 is 0.952 bits per heavy atom. The quantitative estimate of drug-likeness (QED) is 0.0311. The first-order valence-corrected chi connectivity index (χ1v) is 28.2. The smallest absolute Gasteiger partial charge is 0.323 e. The Morgan fingerprint density at radius 1 is 0.512 bits per heavy atom. The number of aryl methyl sites for hydroxylation is 1. The summed E-state index contributed by atoms with van der Waals surface area (Å²) in [5.74, 6) is -0.446. The third-order valence-electron chi connectivity index (χ3n) is 14.2. The third-order valence-corrected chi connectivity index (χ3v) is 14.8. The van der Waals surface area contributed by atoms with Crippen molar-refractivity contribution in [2.75, 3.05) is 7.05 Å². The molecular formula is C67H69Cl2N5O10. The average molecular weight is 1180 g/mol. The Kier molecular flexibility index (Phi) is 22.4. The highest BCUT2D eigenvalue weighted by Gasteiger charge is 2.28. The molecule has 0 saturated carbocycles. The summed E-state index contributed by atoms with van der Waals surface area (Å²) in [6, 6.07) is 40.1. The SMILES string of the molecule is CN=Cc1cncc(COc2cc(OCc3cccc(-c4cccc(COc5cc(OCc6cncc(C)c6)c(CN[C@@H](C(=O)O)[C@H](C)OCc6ccccc6)cc5Cl)c4C)c3C)c(Cl)cc2CN[C@@H](C(=O)O)[C@H](C)OCc2ccccc2)c1. The maximum absolute atomic E-state index is 12.6. The first-order chi connectivity index (χ1) is 40.6. The number of pyridine rings is 2. The van der Waals surface area contributed by atoms with Crippen LogP contribution in [0.25, 0.3) is 11.1 Å². The Morgan fingerprint density at radius 3 is 1.39 bits per heavy atom. The number of aliphatic carboxylic acids is 2. The second kappa shape index (κ2) is 30.4. The zero-order valence-electron chi connectivity index (χ0n) is 47.8. The van der Waals surface area contributed by atoms with Gasteiger partial charge < -0.3 is 38.6 Å². The van der Waals surface area contributed by atoms with Crippen molar-refractivity contribution in [3.8, 4) is 34.1 Å². The fourth-order valence-electron chi connectivity index (χ4n) is 9.46. The summed E-state index contributed by atoms with van der Waals surface area (Å²) in [7, 11) is 1.69. The zero-order chi connectivity index (χ0) is 59.5. The highest BCUT2D eigenvalue weighted by atomic mass is 35.5. The number of ether oxygens (including phenoxy) is 6. The van der Waals surface area contributed by atoms with Crippen molar-refractivity contribution in [2.24, 2.45) is 4.99 Å². The normalized spacial score (nSPS) is 12.8. The summed E-state index contributed by atoms with van der Waals surface area (Å²) in [5.41, 5.74) is 12.4. The van der Waals surface area contributed by atoms with Crippen LogP contribution in [0.1, 0.15) is 80.6 Å². The lowest BCUT2D eigenvalue weighted by molar-refractivity contribution is -0.145. The molecule has 436 valence electrons. The molecule has 4 N–H and O–H groups in total. The maximum atomic E-state index is 12.6. The van der Waals surface area contributed by atoms with E-state index in [0.717, 1.165) is 66.8 Å². The van der Waals surface area contributed by atoms with Gasteiger partial charge in [0.15, 0.2) is 0 Å². The molecule has 2 aromatic heterocycles. The van der Waals surface area contributed by atoms with E-state index in [2.05, 4.69) is 51.6 Å². The molecule has 0 fully saturated rings. The number of nitrogens with zero attached hydrogens (tertiary/aromatic N) is 3. The lowest BCUT2D eigenvalue weighted by Gasteiger charge is -2.23. The molecule has 8 rings (SSSR count). The number of carbonyl (C=O) groups is 2. The molecule has 0 radical (unpaired) electrons. The maximum Gasteiger partial charge on any atom is 0.323 e. The van der Waals surface area contributed by atoms with E-state index in [1.807, 2.05) is 104 Å². The van der Waals surface area contributed by atoms with Crippen molar-refractivity contribution in [1.82, 2.24) is 20.6 Å². The lowest BCUT2D eigenvalue weighted by Crippen LogP contribution is -2.45. The van der Waals surface area contributed by atoms with Crippen molar-refractivity contribution in [2.45, 2.75) is 112 Å². The molecule has 2 heterocycles. The Labute approximate surface area is 500 Å². The van der Waals surface area contributed by atoms with Crippen molar-refractivity contribution in [3.05, 3.63) is 235 Å². The fourth-order valence-corrected chi connectivity index (χ4v) is 9.94. The number of carboxylic acid groups (broad SMARTS) is 2. The average Bonchev–Trinajstić information content (AvgIpc) is 3.42. The highest BCUT2D eigenvalue weighted by molar-refractivity contribution is 6.32. The summed E-state index contributed by atoms with van der Waals surface area (Å²) in [4.78, 5) is 37.9. The molecule has 0 aliphatic carbocycles. The van der Waals surface area contributed by atoms with E-state index < -0.39 is 36.2 Å². The van der Waals surface area contributed by atoms with Gasteiger partial charge in [0, 0.05) is 91.1 Å². The van der Waals surface area contributed by atoms with Crippen molar-refractivity contribution < 1.29 is 48.2 Å². The second-order valence-corrected chi connectivity index (χ2v) is 21.2. The van der Waals surface area contributed by atoms with Gasteiger partial charge in [-0.25, -0.2) is 0 Å². The Hall–Kier alpha value is -8.15. The number of rotatable bonds is 30. The molecule has 0 unspecified atom stereocenters. The second-order valence-electron chi connectivity index (χ2n) is 20.4. The minimum atomic E-state index is -1.06. The molecule has 0 aliphatic heterocycles. The highest BCUT2D eigenvalue weighted by Crippen LogP contribution is 2.38. The minimum absolute atomic E-state index is 0.0960. The van der Waals surface area contributed by atoms with E-state index in [0.29, 0.717) is 44.2 Å². The van der Waals surface area contributed by atoms with Crippen molar-refractivity contribution in [3.63, 3.8) is 0 Å². The van der Waals surface area contributed by atoms with Gasteiger partial charge in [-0.2, -0.15) is 0 Å². The topological polar surface area (TPSA) is 192 Å². The van der Waals surface area contributed by atoms with Crippen LogP contribution in [0, 0.1) is 20.8 Å². The fraction of sp³-hybridized carbons (Fsp3) is 0.269. The molecule has 0 amide bonds. The summed E-state index contributed by atoms with van der Waals surface area (Å²) in [6.07, 6.45) is 7.30. The summed E-state index contributed by atoms with van der Waals surface area (Å²) < 4.78 is 37.9. The summed E-state index contributed by atoms with van der Waals surface area (Å²) >= 11 is 14.0. The van der Waals surface area contributed by atoms with Gasteiger partial charge in [0.05, 0.1) is 35.5 Å². The zero-order valence-corrected chi connectivity index (χ0v) is 49.3. The van der Waals surface area contributed by atoms with Gasteiger partial charge in [-0.3, -0.25) is 35.2 Å². The van der Waals surface area contributed by atoms with Gasteiger partial charge in [0.1, 0.15) is 61.5 Å². The van der Waals surface area contributed by atoms with Crippen LogP contribution in [0.5, 0.6) is 23.0 Å². The van der Waals surface area contributed by atoms with E-state index in [1.165, 1.54) is 0 Å². The standard InChI is InChI=1S/C67H69Cl2N5O10/c1-42-23-50(32-71-29-42)38-81-60-27-62(58(68)25-54(60)34-73-64(66(75)76)45(4)79-36-47-15-9-7-10-16-47)83-40-52-19-13-21-56(43(52)2)57-22-14-20-53(44(57)3)41-84-63-28-61(82-39-51-24-49(30-70-6)31-72-33-51)55(26-59(63)69)35-74-65(67(77)78)46(5)80-37-48-17-11-8-12-18-48/h7-33,45-46,64-65,73-74H,34-41H2,1-6H3,(H,75,76)(H,77,78)/t45-,46-,64+,65+/m0/s1. The van der Waals surface area contributed by atoms with E-state index in [9.17, 15) is 19.8 Å². The van der Waals surface area contributed by atoms with Crippen LogP contribution in [0.2, 0.25) is 10.0 Å². The van der Waals surface area contributed by atoms with Gasteiger partial charge in [-0.15, -0.1) is 0 Å². The van der Waals surface area contributed by atoms with Crippen LogP contribution in [-0.4, -0.2) is 69.7 Å². The minimum Gasteiger partial charge on any atom is -0.488 e. The number of aromatic nitrogens is 2. The van der Waals surface area contributed by atoms with Crippen LogP contribution in [0.15, 0.2) is 163 Å². The molecule has 0 saturated heterocycles. The summed E-state index contributed by atoms with van der Waals surface area (Å²) in [6.45, 7) is 11.0. The number of benzene rings is 6. The Balaban J connectivity index is 0.979. The van der Waals surface area contributed by atoms with Crippen LogP contribution < -0.4 is 29.6 Å². The van der Waals surface area contributed by atoms with Gasteiger partial charge in [0.25, 0.3) is 0 Å². The van der Waals surface area contributed by atoms with Crippen molar-refractivity contribution >= 4 is 41.4 Å². The molecule has 4 atom stereocenters. The molecule has 0 spiro atoms. The van der Waals surface area contributed by atoms with Gasteiger partial charge in [-0.1, -0.05) is 120 Å². The van der Waals surface area contributed by atoms with Gasteiger partial charge in [-0.05, 0) is 109 Å².